The van der Waals surface area contributed by atoms with Crippen molar-refractivity contribution in [3.05, 3.63) is 46.7 Å². The molecule has 0 aliphatic rings. The van der Waals surface area contributed by atoms with Crippen molar-refractivity contribution >= 4 is 11.6 Å². The van der Waals surface area contributed by atoms with Gasteiger partial charge in [0.1, 0.15) is 5.75 Å². The first-order valence-corrected chi connectivity index (χ1v) is 6.14. The van der Waals surface area contributed by atoms with Gasteiger partial charge in [0.15, 0.2) is 0 Å². The molecule has 2 rings (SSSR count). The van der Waals surface area contributed by atoms with Gasteiger partial charge in [0.25, 0.3) is 0 Å². The van der Waals surface area contributed by atoms with Crippen LogP contribution in [0.4, 0.5) is 0 Å². The fraction of sp³-hybridized carbons (Fsp3) is 0.308. The molecule has 0 amide bonds. The van der Waals surface area contributed by atoms with E-state index in [2.05, 4.69) is 22.4 Å². The van der Waals surface area contributed by atoms with E-state index in [1.54, 1.807) is 13.3 Å². The van der Waals surface area contributed by atoms with Crippen LogP contribution in [0.1, 0.15) is 24.2 Å². The molecule has 18 heavy (non-hydrogen) atoms. The van der Waals surface area contributed by atoms with Crippen molar-refractivity contribution in [1.82, 2.24) is 15.5 Å². The SMILES string of the molecule is COc1cccc(Cl)c1CNC(C)c1ccn[nH]1. The normalized spacial score (nSPS) is 12.4. The fourth-order valence-corrected chi connectivity index (χ4v) is 2.01. The molecule has 1 aromatic carbocycles. The Hall–Kier alpha value is -1.52. The first kappa shape index (κ1) is 12.9. The van der Waals surface area contributed by atoms with Gasteiger partial charge in [-0.15, -0.1) is 0 Å². The van der Waals surface area contributed by atoms with E-state index in [4.69, 9.17) is 16.3 Å². The van der Waals surface area contributed by atoms with Crippen molar-refractivity contribution < 1.29 is 4.74 Å². The Morgan fingerprint density at radius 1 is 1.44 bits per heavy atom. The quantitative estimate of drug-likeness (QED) is 0.874. The van der Waals surface area contributed by atoms with Crippen LogP contribution in [-0.2, 0) is 6.54 Å². The zero-order chi connectivity index (χ0) is 13.0. The number of halogens is 1. The second-order valence-electron chi connectivity index (χ2n) is 4.04. The minimum absolute atomic E-state index is 0.175. The van der Waals surface area contributed by atoms with E-state index in [0.717, 1.165) is 17.0 Å². The minimum Gasteiger partial charge on any atom is -0.496 e. The van der Waals surface area contributed by atoms with Gasteiger partial charge in [-0.3, -0.25) is 5.10 Å². The lowest BCUT2D eigenvalue weighted by atomic mass is 10.1. The number of aromatic amines is 1. The third kappa shape index (κ3) is 2.83. The number of benzene rings is 1. The summed E-state index contributed by atoms with van der Waals surface area (Å²) in [5.74, 6) is 0.798. The van der Waals surface area contributed by atoms with E-state index in [1.807, 2.05) is 24.3 Å². The molecule has 4 nitrogen and oxygen atoms in total. The average Bonchev–Trinajstić information content (AvgIpc) is 2.90. The third-order valence-electron chi connectivity index (χ3n) is 2.87. The summed E-state index contributed by atoms with van der Waals surface area (Å²) in [6.07, 6.45) is 1.74. The van der Waals surface area contributed by atoms with Gasteiger partial charge in [0.05, 0.1) is 12.8 Å². The lowest BCUT2D eigenvalue weighted by molar-refractivity contribution is 0.406. The Morgan fingerprint density at radius 2 is 2.28 bits per heavy atom. The molecule has 0 aliphatic carbocycles. The summed E-state index contributed by atoms with van der Waals surface area (Å²) in [6.45, 7) is 2.71. The van der Waals surface area contributed by atoms with E-state index in [0.29, 0.717) is 11.6 Å². The molecule has 0 bridgehead atoms. The molecule has 96 valence electrons. The summed E-state index contributed by atoms with van der Waals surface area (Å²) in [4.78, 5) is 0. The van der Waals surface area contributed by atoms with Gasteiger partial charge in [-0.05, 0) is 25.1 Å². The standard InChI is InChI=1S/C13H16ClN3O/c1-9(12-6-7-16-17-12)15-8-10-11(14)4-3-5-13(10)18-2/h3-7,9,15H,8H2,1-2H3,(H,16,17). The highest BCUT2D eigenvalue weighted by atomic mass is 35.5. The number of hydrogen-bond donors (Lipinski definition) is 2. The molecule has 2 aromatic rings. The summed E-state index contributed by atoms with van der Waals surface area (Å²) in [7, 11) is 1.65. The Kier molecular flexibility index (Phi) is 4.23. The van der Waals surface area contributed by atoms with Crippen molar-refractivity contribution in [2.45, 2.75) is 19.5 Å². The lowest BCUT2D eigenvalue weighted by Crippen LogP contribution is -2.19. The second kappa shape index (κ2) is 5.89. The van der Waals surface area contributed by atoms with E-state index >= 15 is 0 Å². The zero-order valence-electron chi connectivity index (χ0n) is 10.4. The molecule has 0 fully saturated rings. The van der Waals surface area contributed by atoms with Crippen LogP contribution in [0.2, 0.25) is 5.02 Å². The van der Waals surface area contributed by atoms with E-state index in [-0.39, 0.29) is 6.04 Å². The highest BCUT2D eigenvalue weighted by Crippen LogP contribution is 2.26. The van der Waals surface area contributed by atoms with Crippen LogP contribution in [0.25, 0.3) is 0 Å². The Bertz CT molecular complexity index is 499. The van der Waals surface area contributed by atoms with Gasteiger partial charge >= 0.3 is 0 Å². The summed E-state index contributed by atoms with van der Waals surface area (Å²) < 4.78 is 5.30. The number of nitrogens with one attached hydrogen (secondary N) is 2. The summed E-state index contributed by atoms with van der Waals surface area (Å²) in [6, 6.07) is 7.77. The maximum atomic E-state index is 6.18. The first-order chi connectivity index (χ1) is 8.72. The van der Waals surface area contributed by atoms with Gasteiger partial charge in [-0.2, -0.15) is 5.10 Å². The molecule has 1 heterocycles. The van der Waals surface area contributed by atoms with Crippen molar-refractivity contribution in [1.29, 1.82) is 0 Å². The van der Waals surface area contributed by atoms with Crippen LogP contribution < -0.4 is 10.1 Å². The molecule has 1 unspecified atom stereocenters. The highest BCUT2D eigenvalue weighted by molar-refractivity contribution is 6.31. The Morgan fingerprint density at radius 3 is 2.94 bits per heavy atom. The monoisotopic (exact) mass is 265 g/mol. The first-order valence-electron chi connectivity index (χ1n) is 5.76. The number of hydrogen-bond acceptors (Lipinski definition) is 3. The molecular formula is C13H16ClN3O. The number of rotatable bonds is 5. The Balaban J connectivity index is 2.06. The number of nitrogens with zero attached hydrogens (tertiary/aromatic N) is 1. The average molecular weight is 266 g/mol. The van der Waals surface area contributed by atoms with Crippen molar-refractivity contribution in [2.75, 3.05) is 7.11 Å². The van der Waals surface area contributed by atoms with Gasteiger partial charge in [-0.1, -0.05) is 17.7 Å². The van der Waals surface area contributed by atoms with Crippen LogP contribution in [0.15, 0.2) is 30.5 Å². The molecule has 0 aliphatic heterocycles. The predicted molar refractivity (Wildman–Crippen MR) is 71.8 cm³/mol. The molecule has 0 saturated heterocycles. The molecule has 0 spiro atoms. The van der Waals surface area contributed by atoms with Crippen LogP contribution in [-0.4, -0.2) is 17.3 Å². The van der Waals surface area contributed by atoms with Gasteiger partial charge in [0.2, 0.25) is 0 Å². The fourth-order valence-electron chi connectivity index (χ4n) is 1.77. The number of methoxy groups -OCH3 is 1. The zero-order valence-corrected chi connectivity index (χ0v) is 11.2. The molecule has 1 atom stereocenters. The number of aromatic nitrogens is 2. The van der Waals surface area contributed by atoms with Gasteiger partial charge in [-0.25, -0.2) is 0 Å². The topological polar surface area (TPSA) is 49.9 Å². The molecular weight excluding hydrogens is 250 g/mol. The maximum absolute atomic E-state index is 6.18. The molecule has 1 aromatic heterocycles. The molecule has 2 N–H and O–H groups in total. The minimum atomic E-state index is 0.175. The Labute approximate surface area is 111 Å². The summed E-state index contributed by atoms with van der Waals surface area (Å²) in [5, 5.41) is 11.0. The highest BCUT2D eigenvalue weighted by Gasteiger charge is 2.10. The number of H-pyrrole nitrogens is 1. The maximum Gasteiger partial charge on any atom is 0.124 e. The van der Waals surface area contributed by atoms with Crippen molar-refractivity contribution in [3.63, 3.8) is 0 Å². The predicted octanol–water partition coefficient (Wildman–Crippen LogP) is 2.92. The van der Waals surface area contributed by atoms with E-state index < -0.39 is 0 Å². The summed E-state index contributed by atoms with van der Waals surface area (Å²) >= 11 is 6.18. The molecule has 0 saturated carbocycles. The van der Waals surface area contributed by atoms with Crippen LogP contribution in [0.5, 0.6) is 5.75 Å². The van der Waals surface area contributed by atoms with Crippen molar-refractivity contribution in [3.8, 4) is 5.75 Å². The van der Waals surface area contributed by atoms with Crippen LogP contribution in [0, 0.1) is 0 Å². The third-order valence-corrected chi connectivity index (χ3v) is 3.22. The second-order valence-corrected chi connectivity index (χ2v) is 4.44. The van der Waals surface area contributed by atoms with Crippen LogP contribution >= 0.6 is 11.6 Å². The van der Waals surface area contributed by atoms with E-state index in [9.17, 15) is 0 Å². The lowest BCUT2D eigenvalue weighted by Gasteiger charge is -2.15. The van der Waals surface area contributed by atoms with Gasteiger partial charge in [0, 0.05) is 29.4 Å². The van der Waals surface area contributed by atoms with Crippen LogP contribution in [0.3, 0.4) is 0 Å². The molecule has 0 radical (unpaired) electrons. The smallest absolute Gasteiger partial charge is 0.124 e. The summed E-state index contributed by atoms with van der Waals surface area (Å²) in [5.41, 5.74) is 2.01. The van der Waals surface area contributed by atoms with E-state index in [1.165, 1.54) is 0 Å². The number of ether oxygens (including phenoxy) is 1. The van der Waals surface area contributed by atoms with Crippen molar-refractivity contribution in [2.24, 2.45) is 0 Å². The largest absolute Gasteiger partial charge is 0.496 e. The van der Waals surface area contributed by atoms with Gasteiger partial charge < -0.3 is 10.1 Å². The molecule has 5 heteroatoms.